The summed E-state index contributed by atoms with van der Waals surface area (Å²) in [5.41, 5.74) is 2.19. The van der Waals surface area contributed by atoms with Crippen molar-refractivity contribution in [1.29, 1.82) is 0 Å². The number of rotatable bonds is 4. The van der Waals surface area contributed by atoms with E-state index in [-0.39, 0.29) is 17.8 Å². The number of sulfonamides is 1. The minimum atomic E-state index is -3.23. The molecule has 6 nitrogen and oxygen atoms in total. The molecule has 0 bridgehead atoms. The Bertz CT molecular complexity index is 820. The van der Waals surface area contributed by atoms with E-state index in [4.69, 9.17) is 0 Å². The van der Waals surface area contributed by atoms with Gasteiger partial charge in [0.25, 0.3) is 0 Å². The lowest BCUT2D eigenvalue weighted by Gasteiger charge is -2.30. The van der Waals surface area contributed by atoms with Crippen LogP contribution in [0.4, 0.5) is 16.2 Å². The number of nitrogens with one attached hydrogen (secondary N) is 2. The van der Waals surface area contributed by atoms with E-state index in [9.17, 15) is 13.2 Å². The Hall–Kier alpha value is -1.76. The first-order valence-corrected chi connectivity index (χ1v) is 11.7. The summed E-state index contributed by atoms with van der Waals surface area (Å²) in [6.45, 7) is 2.40. The van der Waals surface area contributed by atoms with Gasteiger partial charge in [0, 0.05) is 18.3 Å². The van der Waals surface area contributed by atoms with Gasteiger partial charge in [0.05, 0.1) is 11.4 Å². The van der Waals surface area contributed by atoms with Crippen LogP contribution >= 0.6 is 0 Å². The van der Waals surface area contributed by atoms with Crippen LogP contribution in [0.1, 0.15) is 50.5 Å². The summed E-state index contributed by atoms with van der Waals surface area (Å²) >= 11 is 0. The molecule has 27 heavy (non-hydrogen) atoms. The van der Waals surface area contributed by atoms with Crippen LogP contribution in [0.2, 0.25) is 0 Å². The molecule has 3 fully saturated rings. The van der Waals surface area contributed by atoms with Gasteiger partial charge in [-0.1, -0.05) is 18.9 Å². The van der Waals surface area contributed by atoms with Crippen molar-refractivity contribution in [1.82, 2.24) is 5.32 Å². The second-order valence-electron chi connectivity index (χ2n) is 8.30. The first-order chi connectivity index (χ1) is 12.9. The predicted molar refractivity (Wildman–Crippen MR) is 108 cm³/mol. The molecule has 2 amide bonds. The van der Waals surface area contributed by atoms with E-state index in [0.717, 1.165) is 30.2 Å². The van der Waals surface area contributed by atoms with Crippen molar-refractivity contribution >= 4 is 27.4 Å². The van der Waals surface area contributed by atoms with Gasteiger partial charge in [-0.25, -0.2) is 13.2 Å². The van der Waals surface area contributed by atoms with E-state index in [2.05, 4.69) is 10.6 Å². The van der Waals surface area contributed by atoms with Crippen LogP contribution in [0.3, 0.4) is 0 Å². The fraction of sp³-hybridized carbons (Fsp3) is 0.650. The van der Waals surface area contributed by atoms with Crippen LogP contribution in [0.15, 0.2) is 18.2 Å². The molecule has 1 aromatic carbocycles. The number of benzene rings is 1. The maximum atomic E-state index is 12.5. The lowest BCUT2D eigenvalue weighted by Crippen LogP contribution is -2.41. The van der Waals surface area contributed by atoms with E-state index in [1.807, 2.05) is 19.1 Å². The minimum absolute atomic E-state index is 0.189. The molecule has 2 saturated carbocycles. The number of amides is 2. The van der Waals surface area contributed by atoms with Crippen molar-refractivity contribution in [2.45, 2.75) is 57.9 Å². The first kappa shape index (κ1) is 18.6. The molecule has 1 saturated heterocycles. The summed E-state index contributed by atoms with van der Waals surface area (Å²) in [6.07, 6.45) is 7.97. The summed E-state index contributed by atoms with van der Waals surface area (Å²) in [6, 6.07) is 5.51. The number of carbonyl (C=O) groups excluding carboxylic acids is 1. The van der Waals surface area contributed by atoms with Gasteiger partial charge in [0.15, 0.2) is 0 Å². The molecule has 7 heteroatoms. The number of hydrogen-bond donors (Lipinski definition) is 2. The predicted octanol–water partition coefficient (Wildman–Crippen LogP) is 3.63. The fourth-order valence-electron chi connectivity index (χ4n) is 4.57. The Morgan fingerprint density at radius 1 is 1.11 bits per heavy atom. The van der Waals surface area contributed by atoms with Crippen LogP contribution in [0.25, 0.3) is 0 Å². The van der Waals surface area contributed by atoms with Crippen molar-refractivity contribution in [3.63, 3.8) is 0 Å². The highest BCUT2D eigenvalue weighted by Gasteiger charge is 2.35. The van der Waals surface area contributed by atoms with Crippen LogP contribution in [0.5, 0.6) is 0 Å². The maximum absolute atomic E-state index is 12.5. The highest BCUT2D eigenvalue weighted by molar-refractivity contribution is 7.93. The quantitative estimate of drug-likeness (QED) is 0.823. The number of anilines is 2. The van der Waals surface area contributed by atoms with Crippen LogP contribution < -0.4 is 14.9 Å². The Labute approximate surface area is 161 Å². The van der Waals surface area contributed by atoms with E-state index >= 15 is 0 Å². The zero-order valence-corrected chi connectivity index (χ0v) is 16.7. The van der Waals surface area contributed by atoms with E-state index in [1.165, 1.54) is 30.0 Å². The van der Waals surface area contributed by atoms with Gasteiger partial charge in [-0.2, -0.15) is 0 Å². The fourth-order valence-corrected chi connectivity index (χ4v) is 6.19. The lowest BCUT2D eigenvalue weighted by atomic mass is 9.83. The molecule has 1 aliphatic heterocycles. The summed E-state index contributed by atoms with van der Waals surface area (Å²) in [5, 5.41) is 6.01. The van der Waals surface area contributed by atoms with Crippen molar-refractivity contribution in [3.05, 3.63) is 23.8 Å². The van der Waals surface area contributed by atoms with Gasteiger partial charge in [-0.15, -0.1) is 0 Å². The largest absolute Gasteiger partial charge is 0.335 e. The number of hydrogen-bond acceptors (Lipinski definition) is 3. The second kappa shape index (κ2) is 7.34. The summed E-state index contributed by atoms with van der Waals surface area (Å²) in [4.78, 5) is 12.5. The Balaban J connectivity index is 1.40. The summed E-state index contributed by atoms with van der Waals surface area (Å²) in [7, 11) is -3.23. The molecule has 3 aliphatic rings. The smallest absolute Gasteiger partial charge is 0.319 e. The third kappa shape index (κ3) is 4.23. The molecular formula is C20H29N3O3S. The number of nitrogens with zero attached hydrogens (tertiary/aromatic N) is 1. The average molecular weight is 392 g/mol. The monoisotopic (exact) mass is 391 g/mol. The van der Waals surface area contributed by atoms with Gasteiger partial charge in [-0.3, -0.25) is 4.31 Å². The second-order valence-corrected chi connectivity index (χ2v) is 10.3. The average Bonchev–Trinajstić information content (AvgIpc) is 3.41. The van der Waals surface area contributed by atoms with Crippen molar-refractivity contribution in [2.24, 2.45) is 11.8 Å². The third-order valence-electron chi connectivity index (χ3n) is 6.17. The summed E-state index contributed by atoms with van der Waals surface area (Å²) in [5.74, 6) is 1.85. The van der Waals surface area contributed by atoms with E-state index in [1.54, 1.807) is 6.07 Å². The highest BCUT2D eigenvalue weighted by Crippen LogP contribution is 2.43. The molecule has 148 valence electrons. The molecule has 1 heterocycles. The lowest BCUT2D eigenvalue weighted by molar-refractivity contribution is 0.230. The Morgan fingerprint density at radius 3 is 2.63 bits per heavy atom. The minimum Gasteiger partial charge on any atom is -0.335 e. The standard InChI is InChI=1S/C20H29N3O3S/c1-14-6-9-18(13-19(14)23-10-3-11-27(23,25)26)22-20(24)21-17-5-2-4-16(12-17)15-7-8-15/h6,9,13,15-17H,2-5,7-8,10-12H2,1H3,(H2,21,22,24). The van der Waals surface area contributed by atoms with Crippen LogP contribution in [0, 0.1) is 18.8 Å². The zero-order valence-electron chi connectivity index (χ0n) is 15.9. The third-order valence-corrected chi connectivity index (χ3v) is 8.03. The van der Waals surface area contributed by atoms with Crippen molar-refractivity contribution < 1.29 is 13.2 Å². The Kier molecular flexibility index (Phi) is 5.05. The molecule has 2 atom stereocenters. The maximum Gasteiger partial charge on any atom is 0.319 e. The summed E-state index contributed by atoms with van der Waals surface area (Å²) < 4.78 is 25.9. The van der Waals surface area contributed by atoms with E-state index < -0.39 is 10.0 Å². The van der Waals surface area contributed by atoms with Gasteiger partial charge in [0.2, 0.25) is 10.0 Å². The van der Waals surface area contributed by atoms with Crippen LogP contribution in [-0.4, -0.2) is 32.8 Å². The molecule has 0 radical (unpaired) electrons. The van der Waals surface area contributed by atoms with Crippen molar-refractivity contribution in [2.75, 3.05) is 21.9 Å². The van der Waals surface area contributed by atoms with Crippen LogP contribution in [-0.2, 0) is 10.0 Å². The molecule has 2 unspecified atom stereocenters. The Morgan fingerprint density at radius 2 is 1.93 bits per heavy atom. The van der Waals surface area contributed by atoms with E-state index in [0.29, 0.717) is 24.3 Å². The zero-order chi connectivity index (χ0) is 19.0. The molecule has 1 aromatic rings. The molecule has 2 aliphatic carbocycles. The SMILES string of the molecule is Cc1ccc(NC(=O)NC2CCCC(C3CC3)C2)cc1N1CCCS1(=O)=O. The molecule has 4 rings (SSSR count). The van der Waals surface area contributed by atoms with Gasteiger partial charge in [-0.05, 0) is 68.6 Å². The molecule has 0 spiro atoms. The van der Waals surface area contributed by atoms with Gasteiger partial charge >= 0.3 is 6.03 Å². The van der Waals surface area contributed by atoms with Crippen molar-refractivity contribution in [3.8, 4) is 0 Å². The normalized spacial score (nSPS) is 27.4. The molecule has 2 N–H and O–H groups in total. The highest BCUT2D eigenvalue weighted by atomic mass is 32.2. The topological polar surface area (TPSA) is 78.5 Å². The number of carbonyl (C=O) groups is 1. The molecule has 0 aromatic heterocycles. The van der Waals surface area contributed by atoms with Gasteiger partial charge in [0.1, 0.15) is 0 Å². The first-order valence-electron chi connectivity index (χ1n) is 10.1. The van der Waals surface area contributed by atoms with Gasteiger partial charge < -0.3 is 10.6 Å². The number of aryl methyl sites for hydroxylation is 1. The number of urea groups is 1. The molecular weight excluding hydrogens is 362 g/mol.